The lowest BCUT2D eigenvalue weighted by Crippen LogP contribution is -2.26. The lowest BCUT2D eigenvalue weighted by molar-refractivity contribution is 0.0951. The molecule has 1 amide bonds. The standard InChI is InChI=1S/C15H19N3OS2/c1-11(16)15-18-13(10-21-15)14(19)17-7-8-20-9-12-5-3-2-4-6-12/h2-6,10-11H,7-9,16H2,1H3,(H,17,19). The first-order valence-corrected chi connectivity index (χ1v) is 8.81. The number of nitrogens with two attached hydrogens (primary N) is 1. The van der Waals surface area contributed by atoms with Crippen LogP contribution >= 0.6 is 23.1 Å². The fourth-order valence-electron chi connectivity index (χ4n) is 1.69. The number of carbonyl (C=O) groups is 1. The molecule has 0 aliphatic rings. The normalized spacial score (nSPS) is 12.1. The summed E-state index contributed by atoms with van der Waals surface area (Å²) in [6.45, 7) is 2.50. The second-order valence-corrected chi connectivity index (χ2v) is 6.65. The average molecular weight is 321 g/mol. The van der Waals surface area contributed by atoms with Crippen LogP contribution in [0, 0.1) is 0 Å². The van der Waals surface area contributed by atoms with E-state index in [0.29, 0.717) is 12.2 Å². The molecule has 112 valence electrons. The maximum atomic E-state index is 11.9. The van der Waals surface area contributed by atoms with Crippen molar-refractivity contribution in [3.05, 3.63) is 52.0 Å². The van der Waals surface area contributed by atoms with Crippen molar-refractivity contribution in [2.75, 3.05) is 12.3 Å². The molecule has 0 saturated carbocycles. The Morgan fingerprint density at radius 1 is 1.43 bits per heavy atom. The molecule has 1 unspecified atom stereocenters. The highest BCUT2D eigenvalue weighted by Gasteiger charge is 2.11. The van der Waals surface area contributed by atoms with E-state index in [4.69, 9.17) is 5.73 Å². The zero-order valence-corrected chi connectivity index (χ0v) is 13.5. The van der Waals surface area contributed by atoms with E-state index in [2.05, 4.69) is 22.4 Å². The Kier molecular flexibility index (Phi) is 6.22. The van der Waals surface area contributed by atoms with Gasteiger partial charge in [-0.2, -0.15) is 11.8 Å². The van der Waals surface area contributed by atoms with Crippen molar-refractivity contribution in [1.82, 2.24) is 10.3 Å². The molecule has 6 heteroatoms. The molecular formula is C15H19N3OS2. The van der Waals surface area contributed by atoms with Crippen LogP contribution in [0.1, 0.15) is 34.0 Å². The van der Waals surface area contributed by atoms with Gasteiger partial charge in [-0.25, -0.2) is 4.98 Å². The first kappa shape index (κ1) is 16.0. The zero-order valence-electron chi connectivity index (χ0n) is 11.9. The topological polar surface area (TPSA) is 68.0 Å². The summed E-state index contributed by atoms with van der Waals surface area (Å²) in [4.78, 5) is 16.1. The van der Waals surface area contributed by atoms with Crippen LogP contribution in [0.4, 0.5) is 0 Å². The number of amides is 1. The predicted molar refractivity (Wildman–Crippen MR) is 89.7 cm³/mol. The Hall–Kier alpha value is -1.37. The lowest BCUT2D eigenvalue weighted by atomic mass is 10.2. The molecular weight excluding hydrogens is 302 g/mol. The zero-order chi connectivity index (χ0) is 15.1. The fourth-order valence-corrected chi connectivity index (χ4v) is 3.27. The van der Waals surface area contributed by atoms with Gasteiger partial charge in [-0.3, -0.25) is 4.79 Å². The molecule has 0 radical (unpaired) electrons. The monoisotopic (exact) mass is 321 g/mol. The summed E-state index contributed by atoms with van der Waals surface area (Å²) in [5, 5.41) is 5.43. The molecule has 2 aromatic rings. The van der Waals surface area contributed by atoms with Gasteiger partial charge in [0.1, 0.15) is 10.7 Å². The molecule has 1 aromatic heterocycles. The summed E-state index contributed by atoms with van der Waals surface area (Å²) >= 11 is 3.23. The van der Waals surface area contributed by atoms with Gasteiger partial charge in [-0.05, 0) is 12.5 Å². The van der Waals surface area contributed by atoms with Crippen LogP contribution in [0.5, 0.6) is 0 Å². The molecule has 4 nitrogen and oxygen atoms in total. The highest BCUT2D eigenvalue weighted by Crippen LogP contribution is 2.15. The number of thiazole rings is 1. The summed E-state index contributed by atoms with van der Waals surface area (Å²) in [7, 11) is 0. The molecule has 1 aromatic carbocycles. The molecule has 21 heavy (non-hydrogen) atoms. The first-order chi connectivity index (χ1) is 10.2. The van der Waals surface area contributed by atoms with Gasteiger partial charge in [0.05, 0.1) is 6.04 Å². The van der Waals surface area contributed by atoms with Crippen LogP contribution in [-0.4, -0.2) is 23.2 Å². The summed E-state index contributed by atoms with van der Waals surface area (Å²) < 4.78 is 0. The Balaban J connectivity index is 1.67. The Bertz CT molecular complexity index is 569. The molecule has 0 aliphatic carbocycles. The molecule has 3 N–H and O–H groups in total. The Labute approximate surface area is 133 Å². The van der Waals surface area contributed by atoms with E-state index in [1.165, 1.54) is 16.9 Å². The second kappa shape index (κ2) is 8.17. The minimum absolute atomic E-state index is 0.126. The molecule has 1 atom stereocenters. The molecule has 0 fully saturated rings. The van der Waals surface area contributed by atoms with E-state index in [-0.39, 0.29) is 11.9 Å². The average Bonchev–Trinajstić information content (AvgIpc) is 2.98. The summed E-state index contributed by atoms with van der Waals surface area (Å²) in [5.41, 5.74) is 7.49. The number of thioether (sulfide) groups is 1. The van der Waals surface area contributed by atoms with Gasteiger partial charge < -0.3 is 11.1 Å². The smallest absolute Gasteiger partial charge is 0.270 e. The number of hydrogen-bond acceptors (Lipinski definition) is 5. The predicted octanol–water partition coefficient (Wildman–Crippen LogP) is 2.83. The highest BCUT2D eigenvalue weighted by atomic mass is 32.2. The second-order valence-electron chi connectivity index (χ2n) is 4.65. The van der Waals surface area contributed by atoms with Crippen LogP contribution in [0.2, 0.25) is 0 Å². The fraction of sp³-hybridized carbons (Fsp3) is 0.333. The van der Waals surface area contributed by atoms with E-state index in [9.17, 15) is 4.79 Å². The van der Waals surface area contributed by atoms with E-state index < -0.39 is 0 Å². The van der Waals surface area contributed by atoms with Crippen LogP contribution in [-0.2, 0) is 5.75 Å². The third-order valence-electron chi connectivity index (χ3n) is 2.79. The van der Waals surface area contributed by atoms with Crippen molar-refractivity contribution in [3.63, 3.8) is 0 Å². The van der Waals surface area contributed by atoms with Crippen molar-refractivity contribution in [2.45, 2.75) is 18.7 Å². The number of rotatable bonds is 7. The third kappa shape index (κ3) is 5.15. The van der Waals surface area contributed by atoms with E-state index in [0.717, 1.165) is 16.5 Å². The number of aromatic nitrogens is 1. The maximum absolute atomic E-state index is 11.9. The quantitative estimate of drug-likeness (QED) is 0.770. The lowest BCUT2D eigenvalue weighted by Gasteiger charge is -2.04. The van der Waals surface area contributed by atoms with Crippen molar-refractivity contribution < 1.29 is 4.79 Å². The van der Waals surface area contributed by atoms with Crippen LogP contribution in [0.3, 0.4) is 0 Å². The van der Waals surface area contributed by atoms with Crippen LogP contribution in [0.25, 0.3) is 0 Å². The number of carbonyl (C=O) groups excluding carboxylic acids is 1. The Morgan fingerprint density at radius 2 is 2.19 bits per heavy atom. The highest BCUT2D eigenvalue weighted by molar-refractivity contribution is 7.98. The molecule has 0 bridgehead atoms. The molecule has 0 aliphatic heterocycles. The number of hydrogen-bond donors (Lipinski definition) is 2. The minimum atomic E-state index is -0.127. The van der Waals surface area contributed by atoms with E-state index >= 15 is 0 Å². The number of nitrogens with one attached hydrogen (secondary N) is 1. The molecule has 1 heterocycles. The maximum Gasteiger partial charge on any atom is 0.270 e. The SMILES string of the molecule is CC(N)c1nc(C(=O)NCCSCc2ccccc2)cs1. The minimum Gasteiger partial charge on any atom is -0.350 e. The summed E-state index contributed by atoms with van der Waals surface area (Å²) in [6, 6.07) is 10.2. The first-order valence-electron chi connectivity index (χ1n) is 6.77. The number of nitrogens with zero attached hydrogens (tertiary/aromatic N) is 1. The summed E-state index contributed by atoms with van der Waals surface area (Å²) in [6.07, 6.45) is 0. The molecule has 0 saturated heterocycles. The molecule has 0 spiro atoms. The van der Waals surface area contributed by atoms with Crippen LogP contribution < -0.4 is 11.1 Å². The van der Waals surface area contributed by atoms with Gasteiger partial charge in [0.2, 0.25) is 0 Å². The van der Waals surface area contributed by atoms with Gasteiger partial charge in [0.15, 0.2) is 0 Å². The van der Waals surface area contributed by atoms with Crippen molar-refractivity contribution in [1.29, 1.82) is 0 Å². The molecule has 2 rings (SSSR count). The van der Waals surface area contributed by atoms with Crippen LogP contribution in [0.15, 0.2) is 35.7 Å². The van der Waals surface area contributed by atoms with Gasteiger partial charge in [-0.15, -0.1) is 11.3 Å². The Morgan fingerprint density at radius 3 is 2.86 bits per heavy atom. The number of benzene rings is 1. The van der Waals surface area contributed by atoms with Crippen molar-refractivity contribution in [2.24, 2.45) is 5.73 Å². The van der Waals surface area contributed by atoms with E-state index in [1.54, 1.807) is 17.1 Å². The van der Waals surface area contributed by atoms with Crippen molar-refractivity contribution >= 4 is 29.0 Å². The third-order valence-corrected chi connectivity index (χ3v) is 4.86. The van der Waals surface area contributed by atoms with E-state index in [1.807, 2.05) is 25.1 Å². The van der Waals surface area contributed by atoms with Gasteiger partial charge >= 0.3 is 0 Å². The largest absolute Gasteiger partial charge is 0.350 e. The van der Waals surface area contributed by atoms with Crippen molar-refractivity contribution in [3.8, 4) is 0 Å². The van der Waals surface area contributed by atoms with Gasteiger partial charge in [0.25, 0.3) is 5.91 Å². The van der Waals surface area contributed by atoms with Gasteiger partial charge in [-0.1, -0.05) is 30.3 Å². The summed E-state index contributed by atoms with van der Waals surface area (Å²) in [5.74, 6) is 1.71. The van der Waals surface area contributed by atoms with Gasteiger partial charge in [0, 0.05) is 23.4 Å².